The minimum atomic E-state index is -0.412. The number of aryl methyl sites for hydroxylation is 1. The van der Waals surface area contributed by atoms with Crippen LogP contribution >= 0.6 is 35.4 Å². The third-order valence-corrected chi connectivity index (χ3v) is 6.47. The number of nitrogens with zero attached hydrogens (tertiary/aromatic N) is 1. The highest BCUT2D eigenvalue weighted by atomic mass is 35.5. The van der Waals surface area contributed by atoms with Gasteiger partial charge in [-0.25, -0.2) is 4.98 Å². The van der Waals surface area contributed by atoms with Crippen molar-refractivity contribution in [1.82, 2.24) is 10.3 Å². The fourth-order valence-corrected chi connectivity index (χ4v) is 4.48. The number of nitrogens with one attached hydrogen (secondary N) is 2. The van der Waals surface area contributed by atoms with Crippen LogP contribution < -0.4 is 10.6 Å². The summed E-state index contributed by atoms with van der Waals surface area (Å²) < 4.78 is 11.7. The van der Waals surface area contributed by atoms with E-state index < -0.39 is 5.91 Å². The van der Waals surface area contributed by atoms with Crippen molar-refractivity contribution < 1.29 is 13.6 Å². The maximum absolute atomic E-state index is 12.4. The first-order valence-electron chi connectivity index (χ1n) is 11.7. The molecule has 190 valence electrons. The normalized spacial score (nSPS) is 11.2. The first-order valence-corrected chi connectivity index (χ1v) is 12.9. The molecule has 0 spiro atoms. The molecular formula is C29H21Cl2N3O3S. The predicted octanol–water partition coefficient (Wildman–Crippen LogP) is 8.15. The number of hydrogen-bond donors (Lipinski definition) is 2. The average molecular weight is 562 g/mol. The van der Waals surface area contributed by atoms with Crippen LogP contribution in [0.4, 0.5) is 5.69 Å². The lowest BCUT2D eigenvalue weighted by Gasteiger charge is -2.07. The number of halogens is 2. The minimum absolute atomic E-state index is 0.144. The number of fused-ring (bicyclic) bond motifs is 1. The molecule has 0 unspecified atom stereocenters. The topological polar surface area (TPSA) is 80.3 Å². The van der Waals surface area contributed by atoms with E-state index in [1.807, 2.05) is 18.2 Å². The van der Waals surface area contributed by atoms with Crippen LogP contribution in [0.5, 0.6) is 0 Å². The number of anilines is 1. The quantitative estimate of drug-likeness (QED) is 0.161. The van der Waals surface area contributed by atoms with Gasteiger partial charge < -0.3 is 14.2 Å². The van der Waals surface area contributed by atoms with Crippen LogP contribution in [-0.4, -0.2) is 16.0 Å². The van der Waals surface area contributed by atoms with Gasteiger partial charge in [-0.05, 0) is 90.9 Å². The molecule has 9 heteroatoms. The van der Waals surface area contributed by atoms with Gasteiger partial charge in [-0.3, -0.25) is 10.1 Å². The summed E-state index contributed by atoms with van der Waals surface area (Å²) in [5, 5.41) is 6.77. The molecule has 0 saturated carbocycles. The van der Waals surface area contributed by atoms with Crippen molar-refractivity contribution in [2.45, 2.75) is 13.3 Å². The molecule has 5 rings (SSSR count). The monoisotopic (exact) mass is 561 g/mol. The van der Waals surface area contributed by atoms with E-state index in [4.69, 9.17) is 44.3 Å². The van der Waals surface area contributed by atoms with E-state index in [-0.39, 0.29) is 5.11 Å². The number of amides is 1. The van der Waals surface area contributed by atoms with Gasteiger partial charge in [0.25, 0.3) is 0 Å². The molecule has 0 aliphatic heterocycles. The van der Waals surface area contributed by atoms with Gasteiger partial charge in [0.2, 0.25) is 11.8 Å². The molecule has 2 heterocycles. The van der Waals surface area contributed by atoms with Gasteiger partial charge >= 0.3 is 0 Å². The number of carbonyl (C=O) groups excluding carboxylic acids is 1. The molecule has 0 saturated heterocycles. The Kier molecular flexibility index (Phi) is 7.60. The molecule has 38 heavy (non-hydrogen) atoms. The largest absolute Gasteiger partial charge is 0.457 e. The maximum atomic E-state index is 12.4. The van der Waals surface area contributed by atoms with Crippen LogP contribution in [0.15, 0.2) is 87.7 Å². The summed E-state index contributed by atoms with van der Waals surface area (Å²) in [6.07, 6.45) is 3.84. The second-order valence-electron chi connectivity index (χ2n) is 8.35. The van der Waals surface area contributed by atoms with E-state index in [9.17, 15) is 4.79 Å². The van der Waals surface area contributed by atoms with Crippen LogP contribution in [0, 0.1) is 0 Å². The fourth-order valence-electron chi connectivity index (χ4n) is 3.76. The van der Waals surface area contributed by atoms with Crippen LogP contribution in [0.25, 0.3) is 40.0 Å². The number of furan rings is 1. The van der Waals surface area contributed by atoms with Gasteiger partial charge in [-0.15, -0.1) is 0 Å². The van der Waals surface area contributed by atoms with Crippen molar-refractivity contribution in [3.05, 3.63) is 100 Å². The van der Waals surface area contributed by atoms with Gasteiger partial charge in [0.05, 0.1) is 5.02 Å². The van der Waals surface area contributed by atoms with Crippen molar-refractivity contribution in [2.24, 2.45) is 0 Å². The molecule has 2 aromatic heterocycles. The zero-order valence-corrected chi connectivity index (χ0v) is 22.5. The van der Waals surface area contributed by atoms with Gasteiger partial charge in [0.15, 0.2) is 10.7 Å². The fraction of sp³-hybridized carbons (Fsp3) is 0.0690. The Bertz CT molecular complexity index is 1670. The summed E-state index contributed by atoms with van der Waals surface area (Å²) in [6.45, 7) is 2.11. The Morgan fingerprint density at radius 2 is 1.82 bits per heavy atom. The molecule has 0 atom stereocenters. The minimum Gasteiger partial charge on any atom is -0.457 e. The van der Waals surface area contributed by atoms with Gasteiger partial charge in [0, 0.05) is 27.9 Å². The second-order valence-corrected chi connectivity index (χ2v) is 9.61. The Morgan fingerprint density at radius 3 is 2.58 bits per heavy atom. The number of aromatic nitrogens is 1. The first-order chi connectivity index (χ1) is 18.4. The summed E-state index contributed by atoms with van der Waals surface area (Å²) >= 11 is 17.5. The standard InChI is InChI=1S/C29H21Cl2N3O3S/c1-2-17-3-5-18(6-4-17)28-33-24-16-20(8-12-26(24)37-28)32-29(38)34-27(35)14-10-21-9-13-25(36-21)22-11-7-19(30)15-23(22)31/h3-16H,2H2,1H3,(H2,32,34,35,38)/b14-10+. The predicted molar refractivity (Wildman–Crippen MR) is 156 cm³/mol. The van der Waals surface area contributed by atoms with E-state index in [0.717, 1.165) is 12.0 Å². The summed E-state index contributed by atoms with van der Waals surface area (Å²) in [5.74, 6) is 1.18. The number of carbonyl (C=O) groups is 1. The number of hydrogen-bond acceptors (Lipinski definition) is 5. The van der Waals surface area contributed by atoms with Crippen LogP contribution in [-0.2, 0) is 11.2 Å². The Balaban J connectivity index is 1.20. The van der Waals surface area contributed by atoms with Crippen molar-refractivity contribution in [1.29, 1.82) is 0 Å². The van der Waals surface area contributed by atoms with E-state index in [2.05, 4.69) is 34.7 Å². The van der Waals surface area contributed by atoms with Gasteiger partial charge in [0.1, 0.15) is 17.0 Å². The van der Waals surface area contributed by atoms with E-state index in [1.165, 1.54) is 11.6 Å². The molecular weight excluding hydrogens is 541 g/mol. The summed E-state index contributed by atoms with van der Waals surface area (Å²) in [4.78, 5) is 17.0. The van der Waals surface area contributed by atoms with Crippen molar-refractivity contribution in [2.75, 3.05) is 5.32 Å². The summed E-state index contributed by atoms with van der Waals surface area (Å²) in [5.41, 5.74) is 4.86. The summed E-state index contributed by atoms with van der Waals surface area (Å²) in [7, 11) is 0. The zero-order chi connectivity index (χ0) is 26.6. The van der Waals surface area contributed by atoms with Crippen molar-refractivity contribution in [3.63, 3.8) is 0 Å². The van der Waals surface area contributed by atoms with E-state index >= 15 is 0 Å². The molecule has 3 aromatic carbocycles. The molecule has 0 bridgehead atoms. The summed E-state index contributed by atoms with van der Waals surface area (Å²) in [6, 6.07) is 22.2. The van der Waals surface area contributed by atoms with Crippen LogP contribution in [0.3, 0.4) is 0 Å². The molecule has 0 aliphatic rings. The van der Waals surface area contributed by atoms with E-state index in [0.29, 0.717) is 49.8 Å². The molecule has 0 radical (unpaired) electrons. The second kappa shape index (κ2) is 11.2. The highest BCUT2D eigenvalue weighted by Crippen LogP contribution is 2.32. The number of rotatable bonds is 6. The Morgan fingerprint density at radius 1 is 1.00 bits per heavy atom. The molecule has 1 amide bonds. The molecule has 2 N–H and O–H groups in total. The third kappa shape index (κ3) is 5.97. The van der Waals surface area contributed by atoms with Crippen molar-refractivity contribution in [3.8, 4) is 22.8 Å². The maximum Gasteiger partial charge on any atom is 0.250 e. The third-order valence-electron chi connectivity index (χ3n) is 5.71. The molecule has 0 fully saturated rings. The van der Waals surface area contributed by atoms with Gasteiger partial charge in [-0.2, -0.15) is 0 Å². The smallest absolute Gasteiger partial charge is 0.250 e. The SMILES string of the molecule is CCc1ccc(-c2nc3cc(NC(=S)NC(=O)/C=C/c4ccc(-c5ccc(Cl)cc5Cl)o4)ccc3o2)cc1. The van der Waals surface area contributed by atoms with Crippen LogP contribution in [0.2, 0.25) is 10.0 Å². The Hall–Kier alpha value is -3.91. The molecule has 5 aromatic rings. The van der Waals surface area contributed by atoms with Crippen LogP contribution in [0.1, 0.15) is 18.2 Å². The number of thiocarbonyl (C=S) groups is 1. The Labute approximate surface area is 234 Å². The number of oxazole rings is 1. The highest BCUT2D eigenvalue weighted by Gasteiger charge is 2.11. The lowest BCUT2D eigenvalue weighted by Crippen LogP contribution is -2.32. The van der Waals surface area contributed by atoms with Gasteiger partial charge in [-0.1, -0.05) is 42.3 Å². The molecule has 0 aliphatic carbocycles. The lowest BCUT2D eigenvalue weighted by molar-refractivity contribution is -0.115. The number of benzene rings is 3. The first kappa shape index (κ1) is 25.7. The molecule has 6 nitrogen and oxygen atoms in total. The lowest BCUT2D eigenvalue weighted by atomic mass is 10.1. The van der Waals surface area contributed by atoms with Crippen molar-refractivity contribution >= 4 is 69.3 Å². The zero-order valence-electron chi connectivity index (χ0n) is 20.1. The average Bonchev–Trinajstić information content (AvgIpc) is 3.54. The highest BCUT2D eigenvalue weighted by molar-refractivity contribution is 7.80. The van der Waals surface area contributed by atoms with E-state index in [1.54, 1.807) is 48.5 Å².